The van der Waals surface area contributed by atoms with Crippen LogP contribution in [0.2, 0.25) is 0 Å². The Morgan fingerprint density at radius 1 is 1.16 bits per heavy atom. The highest BCUT2D eigenvalue weighted by molar-refractivity contribution is 9.10. The van der Waals surface area contributed by atoms with E-state index in [2.05, 4.69) is 15.9 Å². The van der Waals surface area contributed by atoms with E-state index in [1.807, 2.05) is 55.5 Å². The first-order valence-corrected chi connectivity index (χ1v) is 7.14. The van der Waals surface area contributed by atoms with Crippen LogP contribution in [0.1, 0.15) is 30.6 Å². The van der Waals surface area contributed by atoms with Gasteiger partial charge in [-0.15, -0.1) is 0 Å². The van der Waals surface area contributed by atoms with E-state index in [0.29, 0.717) is 13.0 Å². The summed E-state index contributed by atoms with van der Waals surface area (Å²) in [5.74, 6) is 0.747. The number of benzene rings is 2. The van der Waals surface area contributed by atoms with Gasteiger partial charge in [-0.1, -0.05) is 53.2 Å². The molecule has 0 aromatic heterocycles. The van der Waals surface area contributed by atoms with Crippen LogP contribution in [0.15, 0.2) is 53.0 Å². The Kier molecular flexibility index (Phi) is 5.00. The monoisotopic (exact) mass is 320 g/mol. The molecule has 0 aliphatic rings. The molecular weight excluding hydrogens is 304 g/mol. The van der Waals surface area contributed by atoms with Crippen molar-refractivity contribution in [2.45, 2.75) is 26.1 Å². The van der Waals surface area contributed by atoms with Crippen molar-refractivity contribution in [1.29, 1.82) is 0 Å². The summed E-state index contributed by atoms with van der Waals surface area (Å²) in [7, 11) is 0. The molecule has 0 saturated heterocycles. The van der Waals surface area contributed by atoms with Crippen molar-refractivity contribution in [3.8, 4) is 5.75 Å². The van der Waals surface area contributed by atoms with E-state index in [0.717, 1.165) is 21.3 Å². The molecule has 0 aliphatic heterocycles. The maximum atomic E-state index is 9.96. The molecule has 2 aromatic carbocycles. The number of aliphatic hydroxyl groups is 1. The van der Waals surface area contributed by atoms with Gasteiger partial charge in [-0.05, 0) is 30.2 Å². The standard InChI is InChI=1S/C16H17BrO2/c1-2-15(18)14-8-3-4-9-16(14)19-11-12-6-5-7-13(17)10-12/h3-10,15,18H,2,11H2,1H3. The highest BCUT2D eigenvalue weighted by Crippen LogP contribution is 2.27. The quantitative estimate of drug-likeness (QED) is 0.880. The van der Waals surface area contributed by atoms with E-state index >= 15 is 0 Å². The lowest BCUT2D eigenvalue weighted by molar-refractivity contribution is 0.166. The summed E-state index contributed by atoms with van der Waals surface area (Å²) in [5.41, 5.74) is 1.94. The first-order valence-electron chi connectivity index (χ1n) is 6.35. The van der Waals surface area contributed by atoms with Crippen molar-refractivity contribution < 1.29 is 9.84 Å². The van der Waals surface area contributed by atoms with Gasteiger partial charge in [0.25, 0.3) is 0 Å². The highest BCUT2D eigenvalue weighted by Gasteiger charge is 2.10. The third-order valence-electron chi connectivity index (χ3n) is 2.95. The van der Waals surface area contributed by atoms with Crippen LogP contribution in [0.3, 0.4) is 0 Å². The third-order valence-corrected chi connectivity index (χ3v) is 3.44. The lowest BCUT2D eigenvalue weighted by atomic mass is 10.1. The molecule has 2 nitrogen and oxygen atoms in total. The molecule has 0 heterocycles. The van der Waals surface area contributed by atoms with Gasteiger partial charge in [-0.2, -0.15) is 0 Å². The SMILES string of the molecule is CCC(O)c1ccccc1OCc1cccc(Br)c1. The Morgan fingerprint density at radius 2 is 1.95 bits per heavy atom. The summed E-state index contributed by atoms with van der Waals surface area (Å²) in [6.07, 6.45) is 0.204. The number of para-hydroxylation sites is 1. The number of hydrogen-bond donors (Lipinski definition) is 1. The smallest absolute Gasteiger partial charge is 0.125 e. The number of ether oxygens (including phenoxy) is 1. The minimum absolute atomic E-state index is 0.473. The maximum Gasteiger partial charge on any atom is 0.125 e. The van der Waals surface area contributed by atoms with E-state index in [1.165, 1.54) is 0 Å². The number of halogens is 1. The zero-order valence-corrected chi connectivity index (χ0v) is 12.4. The van der Waals surface area contributed by atoms with Crippen molar-refractivity contribution in [3.05, 3.63) is 64.1 Å². The summed E-state index contributed by atoms with van der Waals surface area (Å²) >= 11 is 3.44. The predicted octanol–water partition coefficient (Wildman–Crippen LogP) is 4.47. The summed E-state index contributed by atoms with van der Waals surface area (Å²) in [6.45, 7) is 2.45. The van der Waals surface area contributed by atoms with Crippen molar-refractivity contribution in [3.63, 3.8) is 0 Å². The van der Waals surface area contributed by atoms with Crippen LogP contribution in [0.25, 0.3) is 0 Å². The molecule has 2 aromatic rings. The Hall–Kier alpha value is -1.32. The molecule has 2 rings (SSSR count). The molecule has 3 heteroatoms. The van der Waals surface area contributed by atoms with Gasteiger partial charge in [0.1, 0.15) is 12.4 Å². The summed E-state index contributed by atoms with van der Waals surface area (Å²) in [5, 5.41) is 9.96. The van der Waals surface area contributed by atoms with Gasteiger partial charge in [0.2, 0.25) is 0 Å². The molecule has 0 amide bonds. The van der Waals surface area contributed by atoms with Crippen molar-refractivity contribution in [1.82, 2.24) is 0 Å². The van der Waals surface area contributed by atoms with Crippen LogP contribution in [0.5, 0.6) is 5.75 Å². The fourth-order valence-corrected chi connectivity index (χ4v) is 2.34. The minimum Gasteiger partial charge on any atom is -0.489 e. The molecule has 1 N–H and O–H groups in total. The molecule has 0 radical (unpaired) electrons. The molecule has 0 fully saturated rings. The van der Waals surface area contributed by atoms with E-state index in [-0.39, 0.29) is 0 Å². The molecule has 100 valence electrons. The fourth-order valence-electron chi connectivity index (χ4n) is 1.90. The van der Waals surface area contributed by atoms with Crippen molar-refractivity contribution in [2.24, 2.45) is 0 Å². The second-order valence-corrected chi connectivity index (χ2v) is 5.30. The van der Waals surface area contributed by atoms with Gasteiger partial charge in [0, 0.05) is 10.0 Å². The van der Waals surface area contributed by atoms with Crippen LogP contribution >= 0.6 is 15.9 Å². The summed E-state index contributed by atoms with van der Waals surface area (Å²) < 4.78 is 6.86. The molecule has 0 spiro atoms. The molecule has 1 unspecified atom stereocenters. The van der Waals surface area contributed by atoms with E-state index in [1.54, 1.807) is 0 Å². The second kappa shape index (κ2) is 6.73. The number of hydrogen-bond acceptors (Lipinski definition) is 2. The van der Waals surface area contributed by atoms with Crippen LogP contribution in [-0.4, -0.2) is 5.11 Å². The van der Waals surface area contributed by atoms with Gasteiger partial charge in [-0.3, -0.25) is 0 Å². The van der Waals surface area contributed by atoms with Gasteiger partial charge in [0.05, 0.1) is 6.10 Å². The Balaban J connectivity index is 2.11. The molecule has 1 atom stereocenters. The normalized spacial score (nSPS) is 12.2. The largest absolute Gasteiger partial charge is 0.489 e. The lowest BCUT2D eigenvalue weighted by Crippen LogP contribution is -2.02. The lowest BCUT2D eigenvalue weighted by Gasteiger charge is -2.15. The van der Waals surface area contributed by atoms with Gasteiger partial charge in [0.15, 0.2) is 0 Å². The van der Waals surface area contributed by atoms with E-state index in [9.17, 15) is 5.11 Å². The maximum absolute atomic E-state index is 9.96. The zero-order valence-electron chi connectivity index (χ0n) is 10.8. The van der Waals surface area contributed by atoms with Gasteiger partial charge < -0.3 is 9.84 Å². The van der Waals surface area contributed by atoms with Crippen molar-refractivity contribution >= 4 is 15.9 Å². The first kappa shape index (κ1) is 14.1. The topological polar surface area (TPSA) is 29.5 Å². The predicted molar refractivity (Wildman–Crippen MR) is 80.2 cm³/mol. The Labute approximate surface area is 122 Å². The molecular formula is C16H17BrO2. The van der Waals surface area contributed by atoms with Crippen LogP contribution in [-0.2, 0) is 6.61 Å². The van der Waals surface area contributed by atoms with Gasteiger partial charge >= 0.3 is 0 Å². The molecule has 19 heavy (non-hydrogen) atoms. The molecule has 0 aliphatic carbocycles. The van der Waals surface area contributed by atoms with E-state index in [4.69, 9.17) is 4.74 Å². The van der Waals surface area contributed by atoms with E-state index < -0.39 is 6.10 Å². The summed E-state index contributed by atoms with van der Waals surface area (Å²) in [4.78, 5) is 0. The average Bonchev–Trinajstić information content (AvgIpc) is 2.45. The summed E-state index contributed by atoms with van der Waals surface area (Å²) in [6, 6.07) is 15.6. The number of rotatable bonds is 5. The fraction of sp³-hybridized carbons (Fsp3) is 0.250. The minimum atomic E-state index is -0.473. The van der Waals surface area contributed by atoms with Crippen LogP contribution < -0.4 is 4.74 Å². The Morgan fingerprint density at radius 3 is 2.68 bits per heavy atom. The van der Waals surface area contributed by atoms with Gasteiger partial charge in [-0.25, -0.2) is 0 Å². The second-order valence-electron chi connectivity index (χ2n) is 4.38. The average molecular weight is 321 g/mol. The molecule has 0 bridgehead atoms. The zero-order chi connectivity index (χ0) is 13.7. The van der Waals surface area contributed by atoms with Crippen LogP contribution in [0.4, 0.5) is 0 Å². The van der Waals surface area contributed by atoms with Crippen molar-refractivity contribution in [2.75, 3.05) is 0 Å². The van der Waals surface area contributed by atoms with Crippen LogP contribution in [0, 0.1) is 0 Å². The Bertz CT molecular complexity index is 540. The third kappa shape index (κ3) is 3.82. The molecule has 0 saturated carbocycles. The number of aliphatic hydroxyl groups excluding tert-OH is 1. The first-order chi connectivity index (χ1) is 9.20. The highest BCUT2D eigenvalue weighted by atomic mass is 79.9.